The number of para-hydroxylation sites is 2. The van der Waals surface area contributed by atoms with Crippen LogP contribution >= 0.6 is 12.2 Å². The average Bonchev–Trinajstić information content (AvgIpc) is 2.68. The topological polar surface area (TPSA) is 54.0 Å². The molecule has 2 aliphatic heterocycles. The Balaban J connectivity index is 1.94. The molecule has 0 spiro atoms. The van der Waals surface area contributed by atoms with Crippen LogP contribution in [0.4, 0.5) is 5.69 Å². The predicted molar refractivity (Wildman–Crippen MR) is 116 cm³/mol. The Bertz CT molecular complexity index is 993. The van der Waals surface area contributed by atoms with E-state index in [0.717, 1.165) is 22.6 Å². The summed E-state index contributed by atoms with van der Waals surface area (Å²) in [6, 6.07) is 13.4. The molecule has 0 aliphatic carbocycles. The molecule has 6 nitrogen and oxygen atoms in total. The summed E-state index contributed by atoms with van der Waals surface area (Å²) >= 11 is 5.76. The highest BCUT2D eigenvalue weighted by atomic mass is 32.1. The minimum Gasteiger partial charge on any atom is -0.495 e. The molecule has 7 heteroatoms. The zero-order valence-corrected chi connectivity index (χ0v) is 18.0. The van der Waals surface area contributed by atoms with E-state index in [2.05, 4.69) is 11.4 Å². The molecule has 2 aliphatic rings. The van der Waals surface area contributed by atoms with E-state index in [9.17, 15) is 4.79 Å². The van der Waals surface area contributed by atoms with Crippen LogP contribution in [0.5, 0.6) is 11.5 Å². The molecule has 0 saturated carbocycles. The number of carbonyl (C=O) groups excluding carboxylic acids is 1. The molecule has 1 N–H and O–H groups in total. The van der Waals surface area contributed by atoms with Gasteiger partial charge < -0.3 is 19.7 Å². The Kier molecular flexibility index (Phi) is 4.65. The third kappa shape index (κ3) is 2.92. The van der Waals surface area contributed by atoms with Crippen molar-refractivity contribution in [3.05, 3.63) is 53.6 Å². The van der Waals surface area contributed by atoms with Gasteiger partial charge in [-0.15, -0.1) is 0 Å². The Morgan fingerprint density at radius 1 is 1.28 bits per heavy atom. The van der Waals surface area contributed by atoms with Crippen LogP contribution in [0.2, 0.25) is 0 Å². The maximum atomic E-state index is 13.4. The minimum atomic E-state index is -1.02. The van der Waals surface area contributed by atoms with Gasteiger partial charge in [0.05, 0.1) is 18.8 Å². The molecular weight excluding hydrogens is 386 g/mol. The largest absolute Gasteiger partial charge is 0.495 e. The Morgan fingerprint density at radius 3 is 2.69 bits per heavy atom. The molecule has 3 unspecified atom stereocenters. The smallest absolute Gasteiger partial charge is 0.233 e. The fraction of sp³-hybridized carbons (Fsp3) is 0.364. The Morgan fingerprint density at radius 2 is 2.00 bits per heavy atom. The molecule has 1 fully saturated rings. The second kappa shape index (κ2) is 6.91. The molecule has 3 atom stereocenters. The van der Waals surface area contributed by atoms with E-state index in [4.69, 9.17) is 21.7 Å². The number of rotatable bonds is 3. The molecule has 2 aromatic rings. The van der Waals surface area contributed by atoms with Crippen LogP contribution in [0.1, 0.15) is 24.1 Å². The van der Waals surface area contributed by atoms with Crippen LogP contribution in [0.25, 0.3) is 0 Å². The number of ether oxygens (including phenoxy) is 2. The lowest BCUT2D eigenvalue weighted by molar-refractivity contribution is -0.144. The van der Waals surface area contributed by atoms with Crippen molar-refractivity contribution in [3.63, 3.8) is 0 Å². The quantitative estimate of drug-likeness (QED) is 0.783. The summed E-state index contributed by atoms with van der Waals surface area (Å²) in [5.41, 5.74) is 1.78. The van der Waals surface area contributed by atoms with Crippen LogP contribution in [0, 0.1) is 12.8 Å². The second-order valence-corrected chi connectivity index (χ2v) is 8.23. The van der Waals surface area contributed by atoms with Gasteiger partial charge in [0.15, 0.2) is 10.8 Å². The molecule has 1 amide bonds. The highest BCUT2D eigenvalue weighted by molar-refractivity contribution is 7.80. The first kappa shape index (κ1) is 19.5. The van der Waals surface area contributed by atoms with E-state index in [0.29, 0.717) is 10.9 Å². The second-order valence-electron chi connectivity index (χ2n) is 7.84. The molecule has 2 bridgehead atoms. The van der Waals surface area contributed by atoms with Gasteiger partial charge in [0.1, 0.15) is 17.4 Å². The number of hydrogen-bond donors (Lipinski definition) is 1. The van der Waals surface area contributed by atoms with Gasteiger partial charge in [-0.05, 0) is 44.3 Å². The number of methoxy groups -OCH3 is 1. The fourth-order valence-electron chi connectivity index (χ4n) is 4.34. The standard InChI is InChI=1S/C22H25N3O3S/c1-13-10-11-16-14(12-13)19-18(20(26)24(3)4)22(2,28-16)25(21(29)23-19)15-8-6-7-9-17(15)27-5/h6-12,18-19H,1-5H3,(H,23,29). The van der Waals surface area contributed by atoms with E-state index in [-0.39, 0.29) is 11.9 Å². The molecule has 29 heavy (non-hydrogen) atoms. The summed E-state index contributed by atoms with van der Waals surface area (Å²) in [5, 5.41) is 3.91. The van der Waals surface area contributed by atoms with Crippen LogP contribution in [-0.2, 0) is 4.79 Å². The van der Waals surface area contributed by atoms with Gasteiger partial charge in [-0.1, -0.05) is 29.8 Å². The van der Waals surface area contributed by atoms with Crippen molar-refractivity contribution in [2.24, 2.45) is 5.92 Å². The molecule has 0 radical (unpaired) electrons. The van der Waals surface area contributed by atoms with Crippen LogP contribution in [0.15, 0.2) is 42.5 Å². The summed E-state index contributed by atoms with van der Waals surface area (Å²) < 4.78 is 12.1. The molecule has 4 rings (SSSR count). The average molecular weight is 412 g/mol. The maximum Gasteiger partial charge on any atom is 0.233 e. The van der Waals surface area contributed by atoms with E-state index < -0.39 is 11.6 Å². The monoisotopic (exact) mass is 411 g/mol. The third-order valence-corrected chi connectivity index (χ3v) is 5.99. The van der Waals surface area contributed by atoms with Crippen molar-refractivity contribution in [2.75, 3.05) is 26.1 Å². The van der Waals surface area contributed by atoms with Gasteiger partial charge in [-0.3, -0.25) is 9.69 Å². The van der Waals surface area contributed by atoms with E-state index in [1.54, 1.807) is 26.1 Å². The van der Waals surface area contributed by atoms with Crippen molar-refractivity contribution in [1.29, 1.82) is 0 Å². The highest BCUT2D eigenvalue weighted by Gasteiger charge is 2.59. The van der Waals surface area contributed by atoms with Crippen molar-refractivity contribution in [3.8, 4) is 11.5 Å². The van der Waals surface area contributed by atoms with E-state index in [1.165, 1.54) is 0 Å². The van der Waals surface area contributed by atoms with Crippen molar-refractivity contribution < 1.29 is 14.3 Å². The first-order valence-corrected chi connectivity index (χ1v) is 9.93. The number of aryl methyl sites for hydroxylation is 1. The van der Waals surface area contributed by atoms with Crippen LogP contribution < -0.4 is 19.7 Å². The van der Waals surface area contributed by atoms with Crippen molar-refractivity contribution >= 4 is 28.9 Å². The van der Waals surface area contributed by atoms with Gasteiger partial charge in [0.25, 0.3) is 0 Å². The molecular formula is C22H25N3O3S. The zero-order valence-electron chi connectivity index (χ0n) is 17.2. The molecule has 1 saturated heterocycles. The normalized spacial score (nSPS) is 24.9. The summed E-state index contributed by atoms with van der Waals surface area (Å²) in [4.78, 5) is 16.8. The lowest BCUT2D eigenvalue weighted by Crippen LogP contribution is -2.72. The lowest BCUT2D eigenvalue weighted by Gasteiger charge is -2.56. The van der Waals surface area contributed by atoms with Gasteiger partial charge in [0, 0.05) is 19.7 Å². The number of benzene rings is 2. The molecule has 2 heterocycles. The Hall–Kier alpha value is -2.80. The van der Waals surface area contributed by atoms with Gasteiger partial charge in [-0.2, -0.15) is 0 Å². The van der Waals surface area contributed by atoms with Crippen LogP contribution in [0.3, 0.4) is 0 Å². The zero-order chi connectivity index (χ0) is 20.9. The van der Waals surface area contributed by atoms with Gasteiger partial charge >= 0.3 is 0 Å². The molecule has 0 aromatic heterocycles. The molecule has 2 aromatic carbocycles. The predicted octanol–water partition coefficient (Wildman–Crippen LogP) is 3.25. The summed E-state index contributed by atoms with van der Waals surface area (Å²) in [5.74, 6) is 0.870. The van der Waals surface area contributed by atoms with E-state index in [1.807, 2.05) is 55.1 Å². The number of amides is 1. The summed E-state index contributed by atoms with van der Waals surface area (Å²) in [6.07, 6.45) is 0. The number of thiocarbonyl (C=S) groups is 1. The lowest BCUT2D eigenvalue weighted by atomic mass is 9.78. The minimum absolute atomic E-state index is 0.0282. The third-order valence-electron chi connectivity index (χ3n) is 5.69. The van der Waals surface area contributed by atoms with Gasteiger partial charge in [0.2, 0.25) is 5.91 Å². The molecule has 152 valence electrons. The number of fused-ring (bicyclic) bond motifs is 4. The first-order chi connectivity index (χ1) is 13.8. The maximum absolute atomic E-state index is 13.4. The van der Waals surface area contributed by atoms with Crippen molar-refractivity contribution in [1.82, 2.24) is 10.2 Å². The number of hydrogen-bond acceptors (Lipinski definition) is 4. The Labute approximate surface area is 176 Å². The number of anilines is 1. The number of nitrogens with one attached hydrogen (secondary N) is 1. The first-order valence-electron chi connectivity index (χ1n) is 9.52. The highest BCUT2D eigenvalue weighted by Crippen LogP contribution is 2.51. The number of nitrogens with zero attached hydrogens (tertiary/aromatic N) is 2. The number of carbonyl (C=O) groups is 1. The van der Waals surface area contributed by atoms with E-state index >= 15 is 0 Å². The van der Waals surface area contributed by atoms with Gasteiger partial charge in [-0.25, -0.2) is 0 Å². The summed E-state index contributed by atoms with van der Waals surface area (Å²) in [6.45, 7) is 3.95. The van der Waals surface area contributed by atoms with Crippen LogP contribution in [-0.4, -0.2) is 42.8 Å². The fourth-order valence-corrected chi connectivity index (χ4v) is 4.74. The summed E-state index contributed by atoms with van der Waals surface area (Å²) in [7, 11) is 5.14. The SMILES string of the molecule is COc1ccccc1N1C(=S)NC2c3cc(C)ccc3OC1(C)C2C(=O)N(C)C. The van der Waals surface area contributed by atoms with Crippen molar-refractivity contribution in [2.45, 2.75) is 25.6 Å².